The second-order valence-electron chi connectivity index (χ2n) is 8.89. The molecule has 4 rings (SSSR count). The summed E-state index contributed by atoms with van der Waals surface area (Å²) in [7, 11) is -0.492. The number of nitrogens with zero attached hydrogens (tertiary/aromatic N) is 2. The zero-order chi connectivity index (χ0) is 25.7. The summed E-state index contributed by atoms with van der Waals surface area (Å²) in [6.45, 7) is 2.91. The van der Waals surface area contributed by atoms with Crippen LogP contribution in [0.25, 0.3) is 0 Å². The van der Waals surface area contributed by atoms with Gasteiger partial charge in [0.05, 0.1) is 32.7 Å². The Kier molecular flexibility index (Phi) is 6.00. The molecule has 2 aliphatic heterocycles. The van der Waals surface area contributed by atoms with Gasteiger partial charge in [-0.25, -0.2) is 13.2 Å². The Morgan fingerprint density at radius 1 is 1.11 bits per heavy atom. The first kappa shape index (κ1) is 24.5. The highest BCUT2D eigenvalue weighted by Crippen LogP contribution is 2.37. The number of ketones is 1. The van der Waals surface area contributed by atoms with Crippen molar-refractivity contribution in [2.24, 2.45) is 0 Å². The maximum atomic E-state index is 13.3. The van der Waals surface area contributed by atoms with E-state index in [1.807, 2.05) is 0 Å². The summed E-state index contributed by atoms with van der Waals surface area (Å²) in [6, 6.07) is 8.69. The van der Waals surface area contributed by atoms with Gasteiger partial charge in [-0.2, -0.15) is 0 Å². The molecule has 1 fully saturated rings. The molecular formula is C24H27N3O7S. The number of nitrogens with one attached hydrogen (secondary N) is 1. The van der Waals surface area contributed by atoms with Gasteiger partial charge in [0.1, 0.15) is 5.54 Å². The molecule has 1 saturated heterocycles. The molecule has 0 bridgehead atoms. The van der Waals surface area contributed by atoms with E-state index in [-0.39, 0.29) is 6.04 Å². The number of rotatable bonds is 7. The zero-order valence-electron chi connectivity index (χ0n) is 20.1. The van der Waals surface area contributed by atoms with E-state index in [0.717, 1.165) is 16.7 Å². The van der Waals surface area contributed by atoms with E-state index in [2.05, 4.69) is 5.32 Å². The highest BCUT2D eigenvalue weighted by Gasteiger charge is 2.49. The van der Waals surface area contributed by atoms with Crippen molar-refractivity contribution in [2.45, 2.75) is 31.8 Å². The van der Waals surface area contributed by atoms with Gasteiger partial charge in [0.15, 0.2) is 17.3 Å². The normalized spacial score (nSPS) is 21.7. The van der Waals surface area contributed by atoms with Crippen molar-refractivity contribution >= 4 is 33.4 Å². The lowest BCUT2D eigenvalue weighted by molar-refractivity contribution is -0.130. The van der Waals surface area contributed by atoms with Gasteiger partial charge >= 0.3 is 6.03 Å². The number of ether oxygens (including phenoxy) is 2. The number of hydrogen-bond acceptors (Lipinski definition) is 7. The average Bonchev–Trinajstić information content (AvgIpc) is 3.26. The zero-order valence-corrected chi connectivity index (χ0v) is 20.9. The Morgan fingerprint density at radius 3 is 2.43 bits per heavy atom. The van der Waals surface area contributed by atoms with Crippen LogP contribution in [0.2, 0.25) is 0 Å². The molecule has 0 saturated carbocycles. The van der Waals surface area contributed by atoms with Gasteiger partial charge in [0.25, 0.3) is 5.91 Å². The van der Waals surface area contributed by atoms with Crippen LogP contribution in [0.15, 0.2) is 36.4 Å². The topological polar surface area (TPSA) is 122 Å². The lowest BCUT2D eigenvalue weighted by Crippen LogP contribution is -2.41. The van der Waals surface area contributed by atoms with E-state index < -0.39 is 39.8 Å². The second-order valence-corrected chi connectivity index (χ2v) is 10.8. The maximum Gasteiger partial charge on any atom is 0.325 e. The maximum absolute atomic E-state index is 13.3. The molecule has 2 atom stereocenters. The summed E-state index contributed by atoms with van der Waals surface area (Å²) in [5.41, 5.74) is 0.649. The first-order chi connectivity index (χ1) is 16.4. The van der Waals surface area contributed by atoms with Crippen LogP contribution < -0.4 is 19.1 Å². The van der Waals surface area contributed by atoms with Crippen molar-refractivity contribution in [3.05, 3.63) is 53.1 Å². The Labute approximate surface area is 203 Å². The van der Waals surface area contributed by atoms with Gasteiger partial charge in [-0.15, -0.1) is 0 Å². The Hall–Kier alpha value is -3.60. The number of carbonyl (C=O) groups excluding carboxylic acids is 3. The fourth-order valence-electron chi connectivity index (χ4n) is 4.70. The molecule has 2 heterocycles. The fraction of sp³-hybridized carbons (Fsp3) is 0.375. The molecule has 35 heavy (non-hydrogen) atoms. The van der Waals surface area contributed by atoms with Gasteiger partial charge in [-0.1, -0.05) is 6.07 Å². The van der Waals surface area contributed by atoms with E-state index in [1.165, 1.54) is 24.6 Å². The molecule has 0 unspecified atom stereocenters. The Balaban J connectivity index is 1.57. The van der Waals surface area contributed by atoms with Gasteiger partial charge < -0.3 is 14.8 Å². The molecule has 2 aromatic rings. The summed E-state index contributed by atoms with van der Waals surface area (Å²) < 4.78 is 36.2. The smallest absolute Gasteiger partial charge is 0.325 e. The highest BCUT2D eigenvalue weighted by atomic mass is 32.2. The van der Waals surface area contributed by atoms with Crippen LogP contribution in [-0.2, 0) is 26.8 Å². The van der Waals surface area contributed by atoms with Crippen LogP contribution in [0.3, 0.4) is 0 Å². The summed E-state index contributed by atoms with van der Waals surface area (Å²) in [4.78, 5) is 39.9. The standard InChI is InChI=1S/C24H27N3O7S/c1-14-10-16-11-15(6-8-18(16)27(14)35(5,31)32)19(28)13-26-22(29)24(2,25-23(26)30)17-7-9-20(33-3)21(12-17)34-4/h6-9,11-12,14H,10,13H2,1-5H3,(H,25,30)/t14-,24+/m0/s1. The molecule has 11 heteroatoms. The van der Waals surface area contributed by atoms with Crippen LogP contribution in [0, 0.1) is 0 Å². The lowest BCUT2D eigenvalue weighted by Gasteiger charge is -2.23. The van der Waals surface area contributed by atoms with Crippen molar-refractivity contribution in [3.8, 4) is 11.5 Å². The summed E-state index contributed by atoms with van der Waals surface area (Å²) in [5.74, 6) is -0.123. The number of benzene rings is 2. The van der Waals surface area contributed by atoms with E-state index in [4.69, 9.17) is 9.47 Å². The first-order valence-electron chi connectivity index (χ1n) is 10.9. The highest BCUT2D eigenvalue weighted by molar-refractivity contribution is 7.92. The predicted octanol–water partition coefficient (Wildman–Crippen LogP) is 2.06. The number of carbonyl (C=O) groups is 3. The summed E-state index contributed by atoms with van der Waals surface area (Å²) in [6.07, 6.45) is 1.61. The fourth-order valence-corrected chi connectivity index (χ4v) is 5.96. The third-order valence-electron chi connectivity index (χ3n) is 6.45. The molecule has 186 valence electrons. The number of anilines is 1. The number of fused-ring (bicyclic) bond motifs is 1. The van der Waals surface area contributed by atoms with Crippen LogP contribution in [-0.4, -0.2) is 64.1 Å². The van der Waals surface area contributed by atoms with Gasteiger partial charge in [0, 0.05) is 11.6 Å². The third-order valence-corrected chi connectivity index (χ3v) is 7.72. The molecular weight excluding hydrogens is 474 g/mol. The monoisotopic (exact) mass is 501 g/mol. The minimum atomic E-state index is -3.45. The Bertz CT molecular complexity index is 1340. The molecule has 2 aliphatic rings. The van der Waals surface area contributed by atoms with E-state index >= 15 is 0 Å². The number of amides is 3. The number of sulfonamides is 1. The van der Waals surface area contributed by atoms with E-state index in [1.54, 1.807) is 44.2 Å². The molecule has 10 nitrogen and oxygen atoms in total. The minimum absolute atomic E-state index is 0.265. The molecule has 1 N–H and O–H groups in total. The molecule has 2 aromatic carbocycles. The summed E-state index contributed by atoms with van der Waals surface area (Å²) in [5, 5.41) is 2.68. The van der Waals surface area contributed by atoms with Crippen molar-refractivity contribution < 1.29 is 32.3 Å². The van der Waals surface area contributed by atoms with E-state index in [0.29, 0.717) is 34.7 Å². The van der Waals surface area contributed by atoms with Crippen molar-refractivity contribution in [1.82, 2.24) is 10.2 Å². The quantitative estimate of drug-likeness (QED) is 0.455. The number of imide groups is 1. The largest absolute Gasteiger partial charge is 0.493 e. The van der Waals surface area contributed by atoms with Crippen LogP contribution in [0.4, 0.5) is 10.5 Å². The number of hydrogen-bond donors (Lipinski definition) is 1. The van der Waals surface area contributed by atoms with Gasteiger partial charge in [0.2, 0.25) is 10.0 Å². The molecule has 0 aromatic heterocycles. The Morgan fingerprint density at radius 2 is 1.80 bits per heavy atom. The van der Waals surface area contributed by atoms with Crippen molar-refractivity contribution in [3.63, 3.8) is 0 Å². The van der Waals surface area contributed by atoms with Crippen molar-refractivity contribution in [1.29, 1.82) is 0 Å². The van der Waals surface area contributed by atoms with E-state index in [9.17, 15) is 22.8 Å². The van der Waals surface area contributed by atoms with Crippen LogP contribution in [0.5, 0.6) is 11.5 Å². The third kappa shape index (κ3) is 4.09. The summed E-state index contributed by atoms with van der Waals surface area (Å²) >= 11 is 0. The molecule has 0 radical (unpaired) electrons. The SMILES string of the molecule is COc1ccc([C@@]2(C)NC(=O)N(CC(=O)c3ccc4c(c3)C[C@H](C)N4S(C)(=O)=O)C2=O)cc1OC. The molecule has 0 spiro atoms. The van der Waals surface area contributed by atoms with Gasteiger partial charge in [-0.3, -0.25) is 18.8 Å². The average molecular weight is 502 g/mol. The predicted molar refractivity (Wildman–Crippen MR) is 128 cm³/mol. The minimum Gasteiger partial charge on any atom is -0.493 e. The van der Waals surface area contributed by atoms with Gasteiger partial charge in [-0.05, 0) is 61.7 Å². The number of Topliss-reactive ketones (excluding diaryl/α,β-unsaturated/α-hetero) is 1. The number of methoxy groups -OCH3 is 2. The molecule has 0 aliphatic carbocycles. The number of urea groups is 1. The molecule has 3 amide bonds. The lowest BCUT2D eigenvalue weighted by atomic mass is 9.91. The first-order valence-corrected chi connectivity index (χ1v) is 12.8. The van der Waals surface area contributed by atoms with Crippen LogP contribution in [0.1, 0.15) is 35.3 Å². The van der Waals surface area contributed by atoms with Crippen LogP contribution >= 0.6 is 0 Å². The van der Waals surface area contributed by atoms with Crippen molar-refractivity contribution in [2.75, 3.05) is 31.3 Å². The second kappa shape index (κ2) is 8.56.